The molecule has 0 saturated carbocycles. The highest BCUT2D eigenvalue weighted by Crippen LogP contribution is 2.22. The number of carbonyl (C=O) groups is 2. The summed E-state index contributed by atoms with van der Waals surface area (Å²) in [7, 11) is 0. The van der Waals surface area contributed by atoms with E-state index in [0.717, 1.165) is 12.8 Å². The van der Waals surface area contributed by atoms with Crippen LogP contribution in [-0.4, -0.2) is 40.4 Å². The van der Waals surface area contributed by atoms with Crippen LogP contribution in [0.1, 0.15) is 32.6 Å². The van der Waals surface area contributed by atoms with Gasteiger partial charge in [-0.15, -0.1) is 0 Å². The Morgan fingerprint density at radius 2 is 2.31 bits per heavy atom. The lowest BCUT2D eigenvalue weighted by Gasteiger charge is -2.25. The van der Waals surface area contributed by atoms with E-state index in [1.165, 1.54) is 0 Å². The molecule has 1 rings (SSSR count). The van der Waals surface area contributed by atoms with E-state index in [-0.39, 0.29) is 12.5 Å². The van der Waals surface area contributed by atoms with Crippen LogP contribution in [-0.2, 0) is 4.79 Å². The summed E-state index contributed by atoms with van der Waals surface area (Å²) in [4.78, 5) is 27.0. The molecule has 0 unspecified atom stereocenters. The lowest BCUT2D eigenvalue weighted by molar-refractivity contribution is -0.138. The number of carboxylic acid groups (broad SMARTS) is 1. The maximum Gasteiger partial charge on any atom is 0.339 e. The van der Waals surface area contributed by atoms with E-state index in [0.29, 0.717) is 18.8 Å². The van der Waals surface area contributed by atoms with Crippen LogP contribution in [0.25, 0.3) is 0 Å². The summed E-state index contributed by atoms with van der Waals surface area (Å²) < 4.78 is 0. The number of aliphatic carboxylic acids is 1. The number of likely N-dealkylation sites (tertiary alicyclic amines) is 1. The topological polar surface area (TPSA) is 96.0 Å². The van der Waals surface area contributed by atoms with Gasteiger partial charge in [0.25, 0.3) is 0 Å². The number of urea groups is 1. The zero-order valence-corrected chi connectivity index (χ0v) is 9.35. The molecule has 1 fully saturated rings. The standard InChI is InChI=1S/C10H17N3O3/c1-2-5-13-7(6-9(14)15)3-4-8(13)12-10(11)16/h7H,2-6H2,1H3,(H2,11,16)(H,14,15)/t7-/m0/s1. The molecule has 3 N–H and O–H groups in total. The highest BCUT2D eigenvalue weighted by Gasteiger charge is 2.30. The molecule has 0 aliphatic carbocycles. The predicted molar refractivity (Wildman–Crippen MR) is 59.3 cm³/mol. The number of amidine groups is 1. The number of nitrogens with zero attached hydrogens (tertiary/aromatic N) is 2. The first-order valence-corrected chi connectivity index (χ1v) is 5.40. The largest absolute Gasteiger partial charge is 0.481 e. The minimum Gasteiger partial charge on any atom is -0.481 e. The van der Waals surface area contributed by atoms with Crippen LogP contribution in [0.4, 0.5) is 4.79 Å². The van der Waals surface area contributed by atoms with Gasteiger partial charge >= 0.3 is 12.0 Å². The summed E-state index contributed by atoms with van der Waals surface area (Å²) in [6.45, 7) is 2.71. The second-order valence-corrected chi connectivity index (χ2v) is 3.85. The first kappa shape index (κ1) is 12.5. The van der Waals surface area contributed by atoms with E-state index in [1.807, 2.05) is 11.8 Å². The van der Waals surface area contributed by atoms with Crippen molar-refractivity contribution >= 4 is 17.8 Å². The molecule has 1 saturated heterocycles. The molecule has 90 valence electrons. The van der Waals surface area contributed by atoms with E-state index in [2.05, 4.69) is 4.99 Å². The van der Waals surface area contributed by atoms with Crippen LogP contribution in [0, 0.1) is 0 Å². The van der Waals surface area contributed by atoms with Crippen LogP contribution in [0.3, 0.4) is 0 Å². The lowest BCUT2D eigenvalue weighted by atomic mass is 10.1. The zero-order valence-electron chi connectivity index (χ0n) is 9.35. The van der Waals surface area contributed by atoms with Crippen LogP contribution < -0.4 is 5.73 Å². The average Bonchev–Trinajstić information content (AvgIpc) is 2.49. The number of hydrogen-bond acceptors (Lipinski definition) is 2. The number of carboxylic acids is 1. The van der Waals surface area contributed by atoms with Crippen molar-refractivity contribution in [3.63, 3.8) is 0 Å². The Balaban J connectivity index is 2.75. The molecule has 1 heterocycles. The zero-order chi connectivity index (χ0) is 12.1. The highest BCUT2D eigenvalue weighted by molar-refractivity contribution is 5.94. The summed E-state index contributed by atoms with van der Waals surface area (Å²) in [5, 5.41) is 8.77. The first-order chi connectivity index (χ1) is 7.54. The van der Waals surface area contributed by atoms with Gasteiger partial charge in [0.2, 0.25) is 0 Å². The first-order valence-electron chi connectivity index (χ1n) is 5.40. The van der Waals surface area contributed by atoms with Crippen molar-refractivity contribution in [3.8, 4) is 0 Å². The SMILES string of the molecule is CCCN1C(=NC(N)=O)CC[C@H]1CC(=O)O. The Bertz CT molecular complexity index is 314. The Morgan fingerprint density at radius 1 is 1.62 bits per heavy atom. The van der Waals surface area contributed by atoms with Gasteiger partial charge in [-0.25, -0.2) is 4.79 Å². The number of rotatable bonds is 4. The third-order valence-electron chi connectivity index (χ3n) is 2.59. The molecule has 16 heavy (non-hydrogen) atoms. The molecule has 0 radical (unpaired) electrons. The van der Waals surface area contributed by atoms with Gasteiger partial charge in [0.15, 0.2) is 0 Å². The third-order valence-corrected chi connectivity index (χ3v) is 2.59. The molecule has 1 atom stereocenters. The molecule has 6 heteroatoms. The summed E-state index contributed by atoms with van der Waals surface area (Å²) >= 11 is 0. The van der Waals surface area contributed by atoms with Crippen LogP contribution in [0.2, 0.25) is 0 Å². The van der Waals surface area contributed by atoms with Gasteiger partial charge < -0.3 is 15.7 Å². The third kappa shape index (κ3) is 3.22. The van der Waals surface area contributed by atoms with E-state index in [4.69, 9.17) is 10.8 Å². The Labute approximate surface area is 94.1 Å². The average molecular weight is 227 g/mol. The van der Waals surface area contributed by atoms with Crippen molar-refractivity contribution in [1.82, 2.24) is 4.90 Å². The molecule has 2 amide bonds. The molecule has 0 aromatic rings. The lowest BCUT2D eigenvalue weighted by Crippen LogP contribution is -2.36. The number of aliphatic imine (C=N–C) groups is 1. The minimum atomic E-state index is -0.827. The maximum absolute atomic E-state index is 10.7. The Hall–Kier alpha value is -1.59. The van der Waals surface area contributed by atoms with Gasteiger partial charge in [-0.2, -0.15) is 4.99 Å². The molecular formula is C10H17N3O3. The fourth-order valence-corrected chi connectivity index (χ4v) is 2.02. The van der Waals surface area contributed by atoms with Crippen molar-refractivity contribution in [2.75, 3.05) is 6.54 Å². The minimum absolute atomic E-state index is 0.0597. The van der Waals surface area contributed by atoms with Crippen LogP contribution >= 0.6 is 0 Å². The number of carbonyl (C=O) groups excluding carboxylic acids is 1. The molecule has 1 aliphatic heterocycles. The van der Waals surface area contributed by atoms with Gasteiger partial charge in [-0.1, -0.05) is 6.92 Å². The summed E-state index contributed by atoms with van der Waals surface area (Å²) in [6, 6.07) is -0.775. The van der Waals surface area contributed by atoms with E-state index in [1.54, 1.807) is 0 Å². The predicted octanol–water partition coefficient (Wildman–Crippen LogP) is 0.813. The number of nitrogens with two attached hydrogens (primary N) is 1. The quantitative estimate of drug-likeness (QED) is 0.742. The van der Waals surface area contributed by atoms with E-state index < -0.39 is 12.0 Å². The molecule has 0 aromatic carbocycles. The van der Waals surface area contributed by atoms with E-state index >= 15 is 0 Å². The molecule has 6 nitrogen and oxygen atoms in total. The van der Waals surface area contributed by atoms with Gasteiger partial charge in [-0.05, 0) is 12.8 Å². The molecular weight excluding hydrogens is 210 g/mol. The molecule has 0 aromatic heterocycles. The van der Waals surface area contributed by atoms with Crippen molar-refractivity contribution in [1.29, 1.82) is 0 Å². The molecule has 0 bridgehead atoms. The highest BCUT2D eigenvalue weighted by atomic mass is 16.4. The fourth-order valence-electron chi connectivity index (χ4n) is 2.02. The molecule has 0 spiro atoms. The Morgan fingerprint density at radius 3 is 2.81 bits per heavy atom. The monoisotopic (exact) mass is 227 g/mol. The van der Waals surface area contributed by atoms with Gasteiger partial charge in [0.05, 0.1) is 6.42 Å². The number of hydrogen-bond donors (Lipinski definition) is 2. The van der Waals surface area contributed by atoms with Crippen molar-refractivity contribution in [2.24, 2.45) is 10.7 Å². The number of primary amides is 1. The summed E-state index contributed by atoms with van der Waals surface area (Å²) in [5.41, 5.74) is 5.01. The summed E-state index contributed by atoms with van der Waals surface area (Å²) in [5.74, 6) is -0.202. The van der Waals surface area contributed by atoms with Gasteiger partial charge in [-0.3, -0.25) is 4.79 Å². The Kier molecular flexibility index (Phi) is 4.28. The van der Waals surface area contributed by atoms with Crippen molar-refractivity contribution in [3.05, 3.63) is 0 Å². The second-order valence-electron chi connectivity index (χ2n) is 3.85. The molecule has 1 aliphatic rings. The van der Waals surface area contributed by atoms with Gasteiger partial charge in [0.1, 0.15) is 5.84 Å². The normalized spacial score (nSPS) is 22.7. The van der Waals surface area contributed by atoms with Crippen LogP contribution in [0.15, 0.2) is 4.99 Å². The van der Waals surface area contributed by atoms with E-state index in [9.17, 15) is 9.59 Å². The second kappa shape index (κ2) is 5.48. The van der Waals surface area contributed by atoms with Crippen molar-refractivity contribution < 1.29 is 14.7 Å². The maximum atomic E-state index is 10.7. The summed E-state index contributed by atoms with van der Waals surface area (Å²) in [6.07, 6.45) is 2.31. The van der Waals surface area contributed by atoms with Crippen molar-refractivity contribution in [2.45, 2.75) is 38.6 Å². The van der Waals surface area contributed by atoms with Crippen LogP contribution in [0.5, 0.6) is 0 Å². The van der Waals surface area contributed by atoms with Gasteiger partial charge in [0, 0.05) is 19.0 Å². The number of amides is 2. The fraction of sp³-hybridized carbons (Fsp3) is 0.700. The smallest absolute Gasteiger partial charge is 0.339 e.